The summed E-state index contributed by atoms with van der Waals surface area (Å²) in [6, 6.07) is 20.7. The van der Waals surface area contributed by atoms with Gasteiger partial charge in [0.1, 0.15) is 5.03 Å². The van der Waals surface area contributed by atoms with Crippen molar-refractivity contribution in [3.8, 4) is 5.82 Å². The lowest BCUT2D eigenvalue weighted by Gasteiger charge is -2.06. The minimum atomic E-state index is 0.726. The van der Waals surface area contributed by atoms with Gasteiger partial charge in [-0.3, -0.25) is 0 Å². The fraction of sp³-hybridized carbons (Fsp3) is 0.0556. The number of nitrogens with zero attached hydrogens (tertiary/aromatic N) is 4. The lowest BCUT2D eigenvalue weighted by molar-refractivity contribution is 0.792. The maximum atomic E-state index is 4.28. The van der Waals surface area contributed by atoms with Crippen LogP contribution in [-0.2, 0) is 5.75 Å². The summed E-state index contributed by atoms with van der Waals surface area (Å²) in [6.45, 7) is 0. The predicted octanol–water partition coefficient (Wildman–Crippen LogP) is 4.11. The van der Waals surface area contributed by atoms with E-state index in [0.29, 0.717) is 0 Å². The molecule has 0 atom stereocenters. The van der Waals surface area contributed by atoms with Gasteiger partial charge in [-0.25, -0.2) is 4.68 Å². The Morgan fingerprint density at radius 2 is 1.78 bits per heavy atom. The Bertz CT molecular complexity index is 912. The molecule has 0 unspecified atom stereocenters. The minimum Gasteiger partial charge on any atom is -0.221 e. The van der Waals surface area contributed by atoms with Crippen molar-refractivity contribution in [3.05, 3.63) is 78.6 Å². The van der Waals surface area contributed by atoms with Gasteiger partial charge < -0.3 is 0 Å². The molecular weight excluding hydrogens is 304 g/mol. The lowest BCUT2D eigenvalue weighted by Crippen LogP contribution is -1.99. The third-order valence-corrected chi connectivity index (χ3v) is 4.59. The van der Waals surface area contributed by atoms with E-state index in [9.17, 15) is 0 Å². The Balaban J connectivity index is 1.52. The second kappa shape index (κ2) is 6.22. The average Bonchev–Trinajstić information content (AvgIpc) is 3.15. The topological polar surface area (TPSA) is 43.6 Å². The summed E-state index contributed by atoms with van der Waals surface area (Å²) < 4.78 is 1.70. The van der Waals surface area contributed by atoms with E-state index in [1.165, 1.54) is 16.3 Å². The first-order valence-electron chi connectivity index (χ1n) is 7.33. The van der Waals surface area contributed by atoms with Crippen LogP contribution in [0.4, 0.5) is 0 Å². The molecule has 2 aromatic carbocycles. The van der Waals surface area contributed by atoms with Crippen molar-refractivity contribution >= 4 is 22.5 Å². The summed E-state index contributed by atoms with van der Waals surface area (Å²) in [5.41, 5.74) is 1.31. The molecule has 0 fully saturated rings. The number of hydrogen-bond donors (Lipinski definition) is 0. The van der Waals surface area contributed by atoms with Crippen LogP contribution < -0.4 is 0 Å². The fourth-order valence-corrected chi connectivity index (χ4v) is 3.30. The third-order valence-electron chi connectivity index (χ3n) is 3.62. The van der Waals surface area contributed by atoms with Crippen LogP contribution in [0, 0.1) is 0 Å². The van der Waals surface area contributed by atoms with Crippen molar-refractivity contribution in [1.29, 1.82) is 0 Å². The first kappa shape index (κ1) is 14.0. The Labute approximate surface area is 138 Å². The molecule has 0 saturated heterocycles. The molecule has 0 bridgehead atoms. The molecule has 0 spiro atoms. The van der Waals surface area contributed by atoms with Gasteiger partial charge >= 0.3 is 0 Å². The molecule has 5 heteroatoms. The van der Waals surface area contributed by atoms with Crippen LogP contribution in [0.1, 0.15) is 5.56 Å². The fourth-order valence-electron chi connectivity index (χ4n) is 2.49. The number of rotatable bonds is 4. The van der Waals surface area contributed by atoms with Crippen LogP contribution >= 0.6 is 11.8 Å². The van der Waals surface area contributed by atoms with Crippen molar-refractivity contribution in [2.75, 3.05) is 0 Å². The van der Waals surface area contributed by atoms with Gasteiger partial charge in [0.05, 0.1) is 0 Å². The average molecular weight is 318 g/mol. The Morgan fingerprint density at radius 1 is 0.870 bits per heavy atom. The van der Waals surface area contributed by atoms with E-state index in [1.54, 1.807) is 22.6 Å². The number of fused-ring (bicyclic) bond motifs is 1. The second-order valence-electron chi connectivity index (χ2n) is 5.11. The van der Waals surface area contributed by atoms with E-state index in [0.717, 1.165) is 16.6 Å². The second-order valence-corrected chi connectivity index (χ2v) is 6.10. The standard InChI is InChI=1S/C18H14N4S/c1-2-8-16-14(5-1)6-3-7-15(16)13-23-18-10-9-17(20-21-18)22-12-4-11-19-22/h1-12H,13H2. The highest BCUT2D eigenvalue weighted by Gasteiger charge is 2.04. The van der Waals surface area contributed by atoms with E-state index >= 15 is 0 Å². The summed E-state index contributed by atoms with van der Waals surface area (Å²) in [4.78, 5) is 0. The van der Waals surface area contributed by atoms with E-state index in [2.05, 4.69) is 57.8 Å². The number of hydrogen-bond acceptors (Lipinski definition) is 4. The largest absolute Gasteiger partial charge is 0.221 e. The molecule has 2 aromatic heterocycles. The van der Waals surface area contributed by atoms with Crippen molar-refractivity contribution in [1.82, 2.24) is 20.0 Å². The van der Waals surface area contributed by atoms with Gasteiger partial charge in [0.15, 0.2) is 5.82 Å². The minimum absolute atomic E-state index is 0.726. The van der Waals surface area contributed by atoms with Gasteiger partial charge in [-0.2, -0.15) is 5.10 Å². The Kier molecular flexibility index (Phi) is 3.78. The number of aromatic nitrogens is 4. The van der Waals surface area contributed by atoms with Crippen LogP contribution in [0.25, 0.3) is 16.6 Å². The molecule has 4 nitrogen and oxygen atoms in total. The van der Waals surface area contributed by atoms with E-state index in [1.807, 2.05) is 24.4 Å². The molecule has 4 rings (SSSR count). The molecule has 0 amide bonds. The molecule has 0 aliphatic heterocycles. The van der Waals surface area contributed by atoms with Crippen LogP contribution in [-0.4, -0.2) is 20.0 Å². The zero-order chi connectivity index (χ0) is 15.5. The van der Waals surface area contributed by atoms with Gasteiger partial charge in [-0.1, -0.05) is 54.2 Å². The highest BCUT2D eigenvalue weighted by atomic mass is 32.2. The molecule has 23 heavy (non-hydrogen) atoms. The molecule has 0 aliphatic rings. The SMILES string of the molecule is c1ccc2c(CSc3ccc(-n4cccn4)nn3)cccc2c1. The van der Waals surface area contributed by atoms with Crippen molar-refractivity contribution in [2.45, 2.75) is 10.8 Å². The summed E-state index contributed by atoms with van der Waals surface area (Å²) >= 11 is 1.69. The molecule has 112 valence electrons. The summed E-state index contributed by atoms with van der Waals surface area (Å²) in [5, 5.41) is 16.1. The van der Waals surface area contributed by atoms with E-state index in [4.69, 9.17) is 0 Å². The zero-order valence-corrected chi connectivity index (χ0v) is 13.1. The van der Waals surface area contributed by atoms with Crippen molar-refractivity contribution < 1.29 is 0 Å². The number of benzene rings is 2. The van der Waals surface area contributed by atoms with Gasteiger partial charge in [0.25, 0.3) is 0 Å². The molecular formula is C18H14N4S. The van der Waals surface area contributed by atoms with E-state index in [-0.39, 0.29) is 0 Å². The normalized spacial score (nSPS) is 11.0. The molecule has 2 heterocycles. The molecule has 0 saturated carbocycles. The van der Waals surface area contributed by atoms with Crippen LogP contribution in [0.3, 0.4) is 0 Å². The van der Waals surface area contributed by atoms with Crippen LogP contribution in [0.2, 0.25) is 0 Å². The smallest absolute Gasteiger partial charge is 0.175 e. The summed E-state index contributed by atoms with van der Waals surface area (Å²) in [7, 11) is 0. The highest BCUT2D eigenvalue weighted by Crippen LogP contribution is 2.26. The van der Waals surface area contributed by atoms with Gasteiger partial charge in [-0.15, -0.1) is 10.2 Å². The first-order chi connectivity index (χ1) is 11.4. The first-order valence-corrected chi connectivity index (χ1v) is 8.32. The molecule has 4 aromatic rings. The third kappa shape index (κ3) is 2.96. The monoisotopic (exact) mass is 318 g/mol. The predicted molar refractivity (Wildman–Crippen MR) is 92.7 cm³/mol. The quantitative estimate of drug-likeness (QED) is 0.531. The summed E-state index contributed by atoms with van der Waals surface area (Å²) in [5.74, 6) is 1.60. The van der Waals surface area contributed by atoms with Crippen LogP contribution in [0.5, 0.6) is 0 Å². The van der Waals surface area contributed by atoms with Crippen molar-refractivity contribution in [2.24, 2.45) is 0 Å². The summed E-state index contributed by atoms with van der Waals surface area (Å²) in [6.07, 6.45) is 3.58. The lowest BCUT2D eigenvalue weighted by atomic mass is 10.1. The molecule has 0 aliphatic carbocycles. The van der Waals surface area contributed by atoms with Gasteiger partial charge in [0.2, 0.25) is 0 Å². The maximum Gasteiger partial charge on any atom is 0.175 e. The van der Waals surface area contributed by atoms with E-state index < -0.39 is 0 Å². The van der Waals surface area contributed by atoms with Crippen LogP contribution in [0.15, 0.2) is 78.1 Å². The maximum absolute atomic E-state index is 4.28. The van der Waals surface area contributed by atoms with Crippen molar-refractivity contribution in [3.63, 3.8) is 0 Å². The molecule has 0 N–H and O–H groups in total. The number of thioether (sulfide) groups is 1. The molecule has 0 radical (unpaired) electrons. The van der Waals surface area contributed by atoms with Gasteiger partial charge in [0, 0.05) is 18.1 Å². The highest BCUT2D eigenvalue weighted by molar-refractivity contribution is 7.98. The zero-order valence-electron chi connectivity index (χ0n) is 12.3. The Morgan fingerprint density at radius 3 is 2.61 bits per heavy atom. The van der Waals surface area contributed by atoms with Gasteiger partial charge in [-0.05, 0) is 34.5 Å². The Hall–Kier alpha value is -2.66.